The number of carbonyl (C=O) groups is 1. The van der Waals surface area contributed by atoms with Crippen LogP contribution in [0.1, 0.15) is 36.8 Å². The summed E-state index contributed by atoms with van der Waals surface area (Å²) in [6.45, 7) is 9.44. The summed E-state index contributed by atoms with van der Waals surface area (Å²) in [5.41, 5.74) is 2.22. The molecule has 5 heteroatoms. The summed E-state index contributed by atoms with van der Waals surface area (Å²) in [6, 6.07) is 0. The minimum Gasteiger partial charge on any atom is -0.361 e. The molecule has 19 heavy (non-hydrogen) atoms. The molecule has 5 nitrogen and oxygen atoms in total. The second-order valence-electron chi connectivity index (χ2n) is 5.46. The number of hydrogen-bond acceptors (Lipinski definition) is 4. The molecule has 0 spiro atoms. The van der Waals surface area contributed by atoms with Gasteiger partial charge >= 0.3 is 0 Å². The fraction of sp³-hybridized carbons (Fsp3) is 0.714. The van der Waals surface area contributed by atoms with Crippen molar-refractivity contribution >= 4 is 5.91 Å². The van der Waals surface area contributed by atoms with E-state index in [1.807, 2.05) is 13.8 Å². The molecular formula is C14H23N3O2. The largest absolute Gasteiger partial charge is 0.361 e. The summed E-state index contributed by atoms with van der Waals surface area (Å²) >= 11 is 0. The van der Waals surface area contributed by atoms with Gasteiger partial charge in [-0.15, -0.1) is 0 Å². The summed E-state index contributed by atoms with van der Waals surface area (Å²) in [5.74, 6) is 1.61. The molecule has 0 saturated carbocycles. The fourth-order valence-corrected chi connectivity index (χ4v) is 2.59. The van der Waals surface area contributed by atoms with Crippen LogP contribution in [-0.4, -0.2) is 35.6 Å². The van der Waals surface area contributed by atoms with Crippen molar-refractivity contribution in [3.05, 3.63) is 17.0 Å². The minimum atomic E-state index is 0.0677. The molecule has 1 aromatic heterocycles. The molecule has 1 saturated heterocycles. The standard InChI is InChI=1S/C14H23N3O2/c1-10-14(11(2)19-16-10)9-17-6-4-13(5-7-17)8-15-12(3)18/h13H,4-9H2,1-3H3,(H,15,18). The van der Waals surface area contributed by atoms with Gasteiger partial charge in [0.25, 0.3) is 0 Å². The minimum absolute atomic E-state index is 0.0677. The molecule has 1 fully saturated rings. The van der Waals surface area contributed by atoms with E-state index in [9.17, 15) is 4.79 Å². The molecule has 1 N–H and O–H groups in total. The van der Waals surface area contributed by atoms with E-state index < -0.39 is 0 Å². The molecule has 2 heterocycles. The molecular weight excluding hydrogens is 242 g/mol. The topological polar surface area (TPSA) is 58.4 Å². The van der Waals surface area contributed by atoms with Gasteiger partial charge in [-0.1, -0.05) is 5.16 Å². The van der Waals surface area contributed by atoms with Gasteiger partial charge in [0.1, 0.15) is 5.76 Å². The van der Waals surface area contributed by atoms with Crippen molar-refractivity contribution in [3.63, 3.8) is 0 Å². The van der Waals surface area contributed by atoms with Gasteiger partial charge in [-0.3, -0.25) is 9.69 Å². The van der Waals surface area contributed by atoms with Crippen LogP contribution in [0, 0.1) is 19.8 Å². The zero-order valence-corrected chi connectivity index (χ0v) is 12.0. The van der Waals surface area contributed by atoms with Crippen molar-refractivity contribution in [1.82, 2.24) is 15.4 Å². The first-order valence-electron chi connectivity index (χ1n) is 6.94. The van der Waals surface area contributed by atoms with E-state index in [4.69, 9.17) is 4.52 Å². The smallest absolute Gasteiger partial charge is 0.216 e. The van der Waals surface area contributed by atoms with Crippen molar-refractivity contribution in [2.45, 2.75) is 40.2 Å². The van der Waals surface area contributed by atoms with Crippen molar-refractivity contribution in [1.29, 1.82) is 0 Å². The van der Waals surface area contributed by atoms with Crippen LogP contribution in [0.4, 0.5) is 0 Å². The van der Waals surface area contributed by atoms with E-state index in [2.05, 4.69) is 15.4 Å². The number of hydrogen-bond donors (Lipinski definition) is 1. The van der Waals surface area contributed by atoms with Crippen LogP contribution in [0.3, 0.4) is 0 Å². The molecule has 106 valence electrons. The van der Waals surface area contributed by atoms with Gasteiger partial charge in [-0.2, -0.15) is 0 Å². The van der Waals surface area contributed by atoms with Crippen LogP contribution in [0.25, 0.3) is 0 Å². The maximum absolute atomic E-state index is 10.9. The summed E-state index contributed by atoms with van der Waals surface area (Å²) in [5, 5.41) is 6.91. The van der Waals surface area contributed by atoms with Gasteiger partial charge in [-0.25, -0.2) is 0 Å². The molecule has 0 aliphatic carbocycles. The molecule has 1 aromatic rings. The highest BCUT2D eigenvalue weighted by atomic mass is 16.5. The Labute approximate surface area is 114 Å². The van der Waals surface area contributed by atoms with E-state index >= 15 is 0 Å². The third-order valence-corrected chi connectivity index (χ3v) is 3.91. The predicted octanol–water partition coefficient (Wildman–Crippen LogP) is 1.64. The lowest BCUT2D eigenvalue weighted by Gasteiger charge is -2.31. The number of likely N-dealkylation sites (tertiary alicyclic amines) is 1. The Bertz CT molecular complexity index is 414. The van der Waals surface area contributed by atoms with Crippen LogP contribution >= 0.6 is 0 Å². The highest BCUT2D eigenvalue weighted by Crippen LogP contribution is 2.21. The maximum Gasteiger partial charge on any atom is 0.216 e. The number of aromatic nitrogens is 1. The number of rotatable bonds is 4. The molecule has 0 bridgehead atoms. The van der Waals surface area contributed by atoms with Gasteiger partial charge in [0.05, 0.1) is 5.69 Å². The molecule has 0 radical (unpaired) electrons. The Balaban J connectivity index is 1.79. The van der Waals surface area contributed by atoms with Crippen molar-refractivity contribution < 1.29 is 9.32 Å². The molecule has 1 aliphatic heterocycles. The lowest BCUT2D eigenvalue weighted by molar-refractivity contribution is -0.119. The van der Waals surface area contributed by atoms with Crippen LogP contribution in [0.2, 0.25) is 0 Å². The number of amides is 1. The van der Waals surface area contributed by atoms with E-state index in [0.29, 0.717) is 5.92 Å². The number of nitrogens with one attached hydrogen (secondary N) is 1. The molecule has 1 amide bonds. The number of piperidine rings is 1. The van der Waals surface area contributed by atoms with E-state index in [0.717, 1.165) is 50.5 Å². The van der Waals surface area contributed by atoms with Crippen LogP contribution in [-0.2, 0) is 11.3 Å². The second-order valence-corrected chi connectivity index (χ2v) is 5.46. The van der Waals surface area contributed by atoms with E-state index in [1.54, 1.807) is 6.92 Å². The number of carbonyl (C=O) groups excluding carboxylic acids is 1. The van der Waals surface area contributed by atoms with Crippen LogP contribution < -0.4 is 5.32 Å². The molecule has 1 aliphatic rings. The monoisotopic (exact) mass is 265 g/mol. The number of nitrogens with zero attached hydrogens (tertiary/aromatic N) is 2. The maximum atomic E-state index is 10.9. The molecule has 0 aromatic carbocycles. The SMILES string of the molecule is CC(=O)NCC1CCN(Cc2c(C)noc2C)CC1. The molecule has 0 unspecified atom stereocenters. The van der Waals surface area contributed by atoms with Gasteiger partial charge < -0.3 is 9.84 Å². The Kier molecular flexibility index (Phi) is 4.58. The van der Waals surface area contributed by atoms with Crippen LogP contribution in [0.5, 0.6) is 0 Å². The van der Waals surface area contributed by atoms with Crippen molar-refractivity contribution in [3.8, 4) is 0 Å². The van der Waals surface area contributed by atoms with Gasteiger partial charge in [0.2, 0.25) is 5.91 Å². The first-order valence-corrected chi connectivity index (χ1v) is 6.94. The Morgan fingerprint density at radius 1 is 1.42 bits per heavy atom. The van der Waals surface area contributed by atoms with Gasteiger partial charge in [0, 0.05) is 25.6 Å². The van der Waals surface area contributed by atoms with Crippen molar-refractivity contribution in [2.75, 3.05) is 19.6 Å². The molecule has 0 atom stereocenters. The van der Waals surface area contributed by atoms with E-state index in [-0.39, 0.29) is 5.91 Å². The fourth-order valence-electron chi connectivity index (χ4n) is 2.59. The highest BCUT2D eigenvalue weighted by Gasteiger charge is 2.21. The normalized spacial score (nSPS) is 17.6. The van der Waals surface area contributed by atoms with Gasteiger partial charge in [-0.05, 0) is 45.7 Å². The third-order valence-electron chi connectivity index (χ3n) is 3.91. The zero-order valence-electron chi connectivity index (χ0n) is 12.0. The summed E-state index contributed by atoms with van der Waals surface area (Å²) in [6.07, 6.45) is 2.29. The third kappa shape index (κ3) is 3.80. The highest BCUT2D eigenvalue weighted by molar-refractivity contribution is 5.72. The lowest BCUT2D eigenvalue weighted by atomic mass is 9.96. The Morgan fingerprint density at radius 2 is 2.11 bits per heavy atom. The average molecular weight is 265 g/mol. The second kappa shape index (κ2) is 6.19. The van der Waals surface area contributed by atoms with E-state index in [1.165, 1.54) is 5.56 Å². The van der Waals surface area contributed by atoms with Crippen LogP contribution in [0.15, 0.2) is 4.52 Å². The predicted molar refractivity (Wildman–Crippen MR) is 72.7 cm³/mol. The lowest BCUT2D eigenvalue weighted by Crippen LogP contribution is -2.37. The quantitative estimate of drug-likeness (QED) is 0.899. The Hall–Kier alpha value is -1.36. The van der Waals surface area contributed by atoms with Crippen molar-refractivity contribution in [2.24, 2.45) is 5.92 Å². The first-order chi connectivity index (χ1) is 9.06. The average Bonchev–Trinajstić information content (AvgIpc) is 2.70. The first kappa shape index (κ1) is 14.1. The zero-order chi connectivity index (χ0) is 13.8. The summed E-state index contributed by atoms with van der Waals surface area (Å²) in [7, 11) is 0. The van der Waals surface area contributed by atoms with Gasteiger partial charge in [0.15, 0.2) is 0 Å². The summed E-state index contributed by atoms with van der Waals surface area (Å²) < 4.78 is 5.20. The Morgan fingerprint density at radius 3 is 2.63 bits per heavy atom. The number of aryl methyl sites for hydroxylation is 2. The summed E-state index contributed by atoms with van der Waals surface area (Å²) in [4.78, 5) is 13.3. The molecule has 2 rings (SSSR count).